The first-order chi connectivity index (χ1) is 9.53. The van der Waals surface area contributed by atoms with E-state index in [0.717, 1.165) is 17.4 Å². The predicted octanol–water partition coefficient (Wildman–Crippen LogP) is 0.822. The number of aromatic nitrogens is 2. The van der Waals surface area contributed by atoms with Crippen LogP contribution >= 0.6 is 11.3 Å². The Bertz CT molecular complexity index is 764. The average Bonchev–Trinajstić information content (AvgIpc) is 2.89. The van der Waals surface area contributed by atoms with E-state index in [1.54, 1.807) is 0 Å². The summed E-state index contributed by atoms with van der Waals surface area (Å²) in [6.45, 7) is -0.405. The number of aliphatic hydroxyl groups excluding tert-OH is 1. The number of hydrogen-bond acceptors (Lipinski definition) is 6. The van der Waals surface area contributed by atoms with Crippen molar-refractivity contribution in [1.29, 1.82) is 0 Å². The number of sulfonamides is 1. The third kappa shape index (κ3) is 3.30. The molecule has 2 N–H and O–H groups in total. The Balaban J connectivity index is 2.31. The van der Waals surface area contributed by atoms with Crippen molar-refractivity contribution < 1.29 is 17.9 Å². The van der Waals surface area contributed by atoms with Crippen molar-refractivity contribution in [3.05, 3.63) is 35.1 Å². The highest BCUT2D eigenvalue weighted by molar-refractivity contribution is 7.93. The summed E-state index contributed by atoms with van der Waals surface area (Å²) in [4.78, 5) is -0.250. The van der Waals surface area contributed by atoms with Crippen molar-refractivity contribution in [3.63, 3.8) is 0 Å². The van der Waals surface area contributed by atoms with Gasteiger partial charge in [0.1, 0.15) is 17.9 Å². The zero-order valence-corrected chi connectivity index (χ0v) is 11.5. The smallest absolute Gasteiger partial charge is 0.263 e. The largest absolute Gasteiger partial charge is 0.384 e. The summed E-state index contributed by atoms with van der Waals surface area (Å²) in [6, 6.07) is 3.30. The van der Waals surface area contributed by atoms with E-state index in [0.29, 0.717) is 0 Å². The number of rotatable bonds is 3. The molecule has 0 saturated carbocycles. The van der Waals surface area contributed by atoms with Gasteiger partial charge < -0.3 is 5.11 Å². The molecule has 0 atom stereocenters. The van der Waals surface area contributed by atoms with E-state index in [1.165, 1.54) is 17.6 Å². The second-order valence-electron chi connectivity index (χ2n) is 3.45. The Morgan fingerprint density at radius 2 is 2.25 bits per heavy atom. The van der Waals surface area contributed by atoms with Gasteiger partial charge >= 0.3 is 0 Å². The Morgan fingerprint density at radius 1 is 1.45 bits per heavy atom. The third-order valence-corrected chi connectivity index (χ3v) is 4.21. The second-order valence-corrected chi connectivity index (χ2v) is 5.97. The van der Waals surface area contributed by atoms with Gasteiger partial charge in [-0.1, -0.05) is 23.2 Å². The van der Waals surface area contributed by atoms with Gasteiger partial charge in [-0.15, -0.1) is 10.2 Å². The Kier molecular flexibility index (Phi) is 4.29. The van der Waals surface area contributed by atoms with Crippen molar-refractivity contribution >= 4 is 26.5 Å². The van der Waals surface area contributed by atoms with Crippen LogP contribution in [0.15, 0.2) is 28.6 Å². The summed E-state index contributed by atoms with van der Waals surface area (Å²) < 4.78 is 39.8. The minimum absolute atomic E-state index is 0.00825. The fraction of sp³-hybridized carbons (Fsp3) is 0.0909. The zero-order chi connectivity index (χ0) is 14.6. The molecule has 104 valence electrons. The Labute approximate surface area is 118 Å². The molecule has 0 fully saturated rings. The average molecular weight is 313 g/mol. The SMILES string of the molecule is O=S(=O)(Nc1nncs1)c1ccc(C#CCO)c(F)c1. The number of benzene rings is 1. The number of anilines is 1. The number of halogens is 1. The van der Waals surface area contributed by atoms with E-state index in [2.05, 4.69) is 26.8 Å². The molecule has 1 aromatic carbocycles. The van der Waals surface area contributed by atoms with Crippen LogP contribution in [-0.4, -0.2) is 30.3 Å². The molecule has 0 unspecified atom stereocenters. The molecule has 20 heavy (non-hydrogen) atoms. The maximum absolute atomic E-state index is 13.7. The van der Waals surface area contributed by atoms with Crippen LogP contribution in [0.25, 0.3) is 0 Å². The number of nitrogens with one attached hydrogen (secondary N) is 1. The van der Waals surface area contributed by atoms with Crippen molar-refractivity contribution in [2.45, 2.75) is 4.90 Å². The molecule has 1 aromatic heterocycles. The maximum atomic E-state index is 13.7. The third-order valence-electron chi connectivity index (χ3n) is 2.13. The molecule has 0 amide bonds. The van der Waals surface area contributed by atoms with Gasteiger partial charge in [0.2, 0.25) is 5.13 Å². The number of hydrogen-bond donors (Lipinski definition) is 2. The van der Waals surface area contributed by atoms with Crippen LogP contribution in [0.5, 0.6) is 0 Å². The molecule has 1 heterocycles. The minimum Gasteiger partial charge on any atom is -0.384 e. The molecule has 0 saturated heterocycles. The summed E-state index contributed by atoms with van der Waals surface area (Å²) >= 11 is 1.01. The van der Waals surface area contributed by atoms with E-state index < -0.39 is 22.4 Å². The molecule has 0 bridgehead atoms. The van der Waals surface area contributed by atoms with Gasteiger partial charge in [-0.3, -0.25) is 4.72 Å². The molecule has 2 rings (SSSR count). The fourth-order valence-electron chi connectivity index (χ4n) is 1.29. The zero-order valence-electron chi connectivity index (χ0n) is 9.87. The first kappa shape index (κ1) is 14.4. The van der Waals surface area contributed by atoms with Crippen LogP contribution in [0, 0.1) is 17.7 Å². The standard InChI is InChI=1S/C11H8FN3O3S2/c12-10-6-9(4-3-8(10)2-1-5-16)20(17,18)15-11-14-13-7-19-11/h3-4,6-7,16H,5H2,(H,14,15). The topological polar surface area (TPSA) is 92.2 Å². The van der Waals surface area contributed by atoms with Gasteiger partial charge in [0.25, 0.3) is 10.0 Å². The van der Waals surface area contributed by atoms with Crippen molar-refractivity contribution in [2.24, 2.45) is 0 Å². The summed E-state index contributed by atoms with van der Waals surface area (Å²) in [7, 11) is -3.92. The summed E-state index contributed by atoms with van der Waals surface area (Å²) in [5.74, 6) is 3.87. The molecule has 2 aromatic rings. The molecular weight excluding hydrogens is 305 g/mol. The summed E-state index contributed by atoms with van der Waals surface area (Å²) in [5.41, 5.74) is 1.38. The quantitative estimate of drug-likeness (QED) is 0.819. The van der Waals surface area contributed by atoms with Crippen molar-refractivity contribution in [2.75, 3.05) is 11.3 Å². The lowest BCUT2D eigenvalue weighted by molar-refractivity contribution is 0.350. The minimum atomic E-state index is -3.92. The Morgan fingerprint density at radius 3 is 2.85 bits per heavy atom. The molecule has 0 aliphatic heterocycles. The number of aliphatic hydroxyl groups is 1. The summed E-state index contributed by atoms with van der Waals surface area (Å²) in [6.07, 6.45) is 0. The molecule has 0 spiro atoms. The molecular formula is C11H8FN3O3S2. The van der Waals surface area contributed by atoms with Gasteiger partial charge in [-0.2, -0.15) is 0 Å². The van der Waals surface area contributed by atoms with Crippen LogP contribution < -0.4 is 4.72 Å². The molecule has 6 nitrogen and oxygen atoms in total. The van der Waals surface area contributed by atoms with E-state index >= 15 is 0 Å². The lowest BCUT2D eigenvalue weighted by Crippen LogP contribution is -2.13. The van der Waals surface area contributed by atoms with Crippen LogP contribution in [0.1, 0.15) is 5.56 Å². The van der Waals surface area contributed by atoms with Crippen molar-refractivity contribution in [3.8, 4) is 11.8 Å². The van der Waals surface area contributed by atoms with Crippen LogP contribution in [0.2, 0.25) is 0 Å². The van der Waals surface area contributed by atoms with E-state index in [1.807, 2.05) is 0 Å². The normalized spacial score (nSPS) is 10.7. The highest BCUT2D eigenvalue weighted by atomic mass is 32.2. The van der Waals surface area contributed by atoms with Crippen LogP contribution in [-0.2, 0) is 10.0 Å². The first-order valence-electron chi connectivity index (χ1n) is 5.21. The monoisotopic (exact) mass is 313 g/mol. The van der Waals surface area contributed by atoms with Crippen LogP contribution in [0.3, 0.4) is 0 Å². The molecule has 0 aliphatic carbocycles. The number of nitrogens with zero attached hydrogens (tertiary/aromatic N) is 2. The van der Waals surface area contributed by atoms with Crippen molar-refractivity contribution in [1.82, 2.24) is 10.2 Å². The van der Waals surface area contributed by atoms with E-state index in [4.69, 9.17) is 5.11 Å². The lowest BCUT2D eigenvalue weighted by Gasteiger charge is -2.05. The second kappa shape index (κ2) is 5.96. The van der Waals surface area contributed by atoms with Gasteiger partial charge in [0.15, 0.2) is 0 Å². The molecule has 0 aliphatic rings. The van der Waals surface area contributed by atoms with Gasteiger partial charge in [-0.25, -0.2) is 12.8 Å². The highest BCUT2D eigenvalue weighted by Crippen LogP contribution is 2.19. The maximum Gasteiger partial charge on any atom is 0.263 e. The van der Waals surface area contributed by atoms with Gasteiger partial charge in [0, 0.05) is 0 Å². The molecule has 9 heteroatoms. The van der Waals surface area contributed by atoms with E-state index in [-0.39, 0.29) is 15.6 Å². The predicted molar refractivity (Wildman–Crippen MR) is 71.1 cm³/mol. The first-order valence-corrected chi connectivity index (χ1v) is 7.57. The lowest BCUT2D eigenvalue weighted by atomic mass is 10.2. The summed E-state index contributed by atoms with van der Waals surface area (Å²) in [5, 5.41) is 15.7. The van der Waals surface area contributed by atoms with Gasteiger partial charge in [-0.05, 0) is 18.2 Å². The van der Waals surface area contributed by atoms with E-state index in [9.17, 15) is 12.8 Å². The Hall–Kier alpha value is -2.02. The highest BCUT2D eigenvalue weighted by Gasteiger charge is 2.17. The van der Waals surface area contributed by atoms with Gasteiger partial charge in [0.05, 0.1) is 10.5 Å². The molecule has 0 radical (unpaired) electrons. The fourth-order valence-corrected chi connectivity index (χ4v) is 2.99. The van der Waals surface area contributed by atoms with Crippen LogP contribution in [0.4, 0.5) is 9.52 Å².